The Morgan fingerprint density at radius 3 is 2.37 bits per heavy atom. The first kappa shape index (κ1) is 19.7. The van der Waals surface area contributed by atoms with E-state index in [0.717, 1.165) is 50.8 Å². The van der Waals surface area contributed by atoms with Gasteiger partial charge in [-0.2, -0.15) is 0 Å². The van der Waals surface area contributed by atoms with Crippen molar-refractivity contribution in [3.05, 3.63) is 48.0 Å². The first-order chi connectivity index (χ1) is 13.1. The Morgan fingerprint density at radius 2 is 1.70 bits per heavy atom. The highest BCUT2D eigenvalue weighted by Crippen LogP contribution is 2.34. The van der Waals surface area contributed by atoms with Crippen molar-refractivity contribution in [3.8, 4) is 0 Å². The number of benzene rings is 1. The van der Waals surface area contributed by atoms with E-state index in [0.29, 0.717) is 11.5 Å². The molecular weight excluding hydrogens is 338 g/mol. The van der Waals surface area contributed by atoms with Gasteiger partial charge in [0.1, 0.15) is 6.61 Å². The summed E-state index contributed by atoms with van der Waals surface area (Å²) in [5, 5.41) is 0. The lowest BCUT2D eigenvalue weighted by molar-refractivity contribution is -0.144. The molecule has 0 bridgehead atoms. The molecule has 0 spiro atoms. The van der Waals surface area contributed by atoms with E-state index in [1.54, 1.807) is 0 Å². The molecule has 1 aliphatic heterocycles. The number of carbonyl (C=O) groups is 2. The van der Waals surface area contributed by atoms with Gasteiger partial charge in [-0.05, 0) is 37.2 Å². The molecule has 1 saturated carbocycles. The zero-order chi connectivity index (χ0) is 19.1. The maximum absolute atomic E-state index is 13.2. The molecule has 146 valence electrons. The van der Waals surface area contributed by atoms with E-state index in [2.05, 4.69) is 6.58 Å². The predicted molar refractivity (Wildman–Crippen MR) is 106 cm³/mol. The van der Waals surface area contributed by atoms with Crippen molar-refractivity contribution in [2.75, 3.05) is 13.1 Å². The lowest BCUT2D eigenvalue weighted by Crippen LogP contribution is -2.41. The van der Waals surface area contributed by atoms with Crippen LogP contribution < -0.4 is 0 Å². The normalized spacial score (nSPS) is 18.9. The Balaban J connectivity index is 1.64. The lowest BCUT2D eigenvalue weighted by atomic mass is 9.86. The minimum absolute atomic E-state index is 0.0725. The van der Waals surface area contributed by atoms with Crippen LogP contribution in [0.1, 0.15) is 56.9 Å². The summed E-state index contributed by atoms with van der Waals surface area (Å²) in [5.74, 6) is -0.285. The highest BCUT2D eigenvalue weighted by Gasteiger charge is 2.34. The highest BCUT2D eigenvalue weighted by atomic mass is 16.5. The Morgan fingerprint density at radius 1 is 1.04 bits per heavy atom. The smallest absolute Gasteiger partial charge is 0.334 e. The average molecular weight is 370 g/mol. The largest absolute Gasteiger partial charge is 0.457 e. The molecular formula is C23H31NO3. The van der Waals surface area contributed by atoms with Crippen molar-refractivity contribution in [3.63, 3.8) is 0 Å². The van der Waals surface area contributed by atoms with Crippen molar-refractivity contribution >= 4 is 11.9 Å². The van der Waals surface area contributed by atoms with Crippen LogP contribution in [0, 0.1) is 11.8 Å². The number of amides is 1. The van der Waals surface area contributed by atoms with Gasteiger partial charge in [0.15, 0.2) is 0 Å². The molecule has 1 saturated heterocycles. The van der Waals surface area contributed by atoms with E-state index >= 15 is 0 Å². The maximum Gasteiger partial charge on any atom is 0.334 e. The van der Waals surface area contributed by atoms with Crippen LogP contribution in [0.3, 0.4) is 0 Å². The fourth-order valence-electron chi connectivity index (χ4n) is 4.26. The van der Waals surface area contributed by atoms with Crippen LogP contribution >= 0.6 is 0 Å². The van der Waals surface area contributed by atoms with Crippen LogP contribution in [0.2, 0.25) is 0 Å². The van der Waals surface area contributed by atoms with Gasteiger partial charge in [-0.3, -0.25) is 4.79 Å². The summed E-state index contributed by atoms with van der Waals surface area (Å²) in [7, 11) is 0. The Kier molecular flexibility index (Phi) is 7.08. The quantitative estimate of drug-likeness (QED) is 0.525. The minimum atomic E-state index is -0.438. The molecule has 27 heavy (non-hydrogen) atoms. The molecule has 4 heteroatoms. The molecule has 1 aliphatic carbocycles. The minimum Gasteiger partial charge on any atom is -0.457 e. The molecule has 1 amide bonds. The van der Waals surface area contributed by atoms with Crippen molar-refractivity contribution in [1.82, 2.24) is 4.90 Å². The van der Waals surface area contributed by atoms with Gasteiger partial charge in [0.05, 0.1) is 5.92 Å². The van der Waals surface area contributed by atoms with Crippen LogP contribution in [0.5, 0.6) is 0 Å². The molecule has 1 atom stereocenters. The zero-order valence-electron chi connectivity index (χ0n) is 16.2. The summed E-state index contributed by atoms with van der Waals surface area (Å²) in [6, 6.07) is 9.61. The third-order valence-corrected chi connectivity index (χ3v) is 5.91. The molecule has 0 N–H and O–H groups in total. The summed E-state index contributed by atoms with van der Waals surface area (Å²) < 4.78 is 5.46. The average Bonchev–Trinajstić information content (AvgIpc) is 3.24. The standard InChI is InChI=1S/C23H31NO3/c1-18(23(26)27-17-20-12-4-2-5-13-20)21(16-19-10-6-7-11-19)22(25)24-14-8-3-9-15-24/h2,4-5,12-13,19,21H,1,3,6-11,14-17H2/t21-/m1/s1. The monoisotopic (exact) mass is 369 g/mol. The van der Waals surface area contributed by atoms with E-state index in [1.807, 2.05) is 35.2 Å². The van der Waals surface area contributed by atoms with Crippen LogP contribution in [0.4, 0.5) is 0 Å². The molecule has 2 aliphatic rings. The van der Waals surface area contributed by atoms with Gasteiger partial charge in [0.2, 0.25) is 5.91 Å². The predicted octanol–water partition coefficient (Wildman–Crippen LogP) is 4.50. The molecule has 0 aromatic heterocycles. The molecule has 4 nitrogen and oxygen atoms in total. The Bertz CT molecular complexity index is 643. The number of carbonyl (C=O) groups excluding carboxylic acids is 2. The van der Waals surface area contributed by atoms with Gasteiger partial charge in [0, 0.05) is 18.7 Å². The van der Waals surface area contributed by atoms with Crippen molar-refractivity contribution in [1.29, 1.82) is 0 Å². The summed E-state index contributed by atoms with van der Waals surface area (Å²) in [6.45, 7) is 5.81. The molecule has 1 aromatic rings. The van der Waals surface area contributed by atoms with Crippen molar-refractivity contribution < 1.29 is 14.3 Å². The second-order valence-electron chi connectivity index (χ2n) is 7.91. The summed E-state index contributed by atoms with van der Waals surface area (Å²) in [4.78, 5) is 27.7. The Labute approximate surface area is 162 Å². The number of hydrogen-bond acceptors (Lipinski definition) is 3. The maximum atomic E-state index is 13.2. The number of ether oxygens (including phenoxy) is 1. The number of likely N-dealkylation sites (tertiary alicyclic amines) is 1. The Hall–Kier alpha value is -2.10. The highest BCUT2D eigenvalue weighted by molar-refractivity contribution is 5.96. The molecule has 0 unspecified atom stereocenters. The van der Waals surface area contributed by atoms with Gasteiger partial charge in [-0.1, -0.05) is 62.6 Å². The fraction of sp³-hybridized carbons (Fsp3) is 0.565. The van der Waals surface area contributed by atoms with Gasteiger partial charge >= 0.3 is 5.97 Å². The van der Waals surface area contributed by atoms with E-state index in [-0.39, 0.29) is 12.5 Å². The van der Waals surface area contributed by atoms with Gasteiger partial charge in [-0.25, -0.2) is 4.79 Å². The molecule has 3 rings (SSSR count). The first-order valence-electron chi connectivity index (χ1n) is 10.3. The number of nitrogens with zero attached hydrogens (tertiary/aromatic N) is 1. The van der Waals surface area contributed by atoms with Crippen LogP contribution in [-0.4, -0.2) is 29.9 Å². The second-order valence-corrected chi connectivity index (χ2v) is 7.91. The molecule has 1 heterocycles. The zero-order valence-corrected chi connectivity index (χ0v) is 16.2. The number of rotatable bonds is 7. The lowest BCUT2D eigenvalue weighted by Gasteiger charge is -2.31. The van der Waals surface area contributed by atoms with E-state index in [9.17, 15) is 9.59 Å². The third-order valence-electron chi connectivity index (χ3n) is 5.91. The first-order valence-corrected chi connectivity index (χ1v) is 10.3. The third kappa shape index (κ3) is 5.44. The number of piperidine rings is 1. The number of esters is 1. The molecule has 0 radical (unpaired) electrons. The summed E-state index contributed by atoms with van der Waals surface area (Å²) >= 11 is 0. The van der Waals surface area contributed by atoms with Crippen LogP contribution in [0.15, 0.2) is 42.5 Å². The van der Waals surface area contributed by atoms with Crippen LogP contribution in [-0.2, 0) is 20.9 Å². The molecule has 2 fully saturated rings. The van der Waals surface area contributed by atoms with Crippen LogP contribution in [0.25, 0.3) is 0 Å². The molecule has 1 aromatic carbocycles. The van der Waals surface area contributed by atoms with E-state index in [4.69, 9.17) is 4.74 Å². The van der Waals surface area contributed by atoms with Crippen molar-refractivity contribution in [2.45, 2.75) is 58.0 Å². The van der Waals surface area contributed by atoms with Gasteiger partial charge < -0.3 is 9.64 Å². The second kappa shape index (κ2) is 9.72. The van der Waals surface area contributed by atoms with E-state index < -0.39 is 11.9 Å². The van der Waals surface area contributed by atoms with E-state index in [1.165, 1.54) is 19.3 Å². The summed E-state index contributed by atoms with van der Waals surface area (Å²) in [6.07, 6.45) is 8.75. The fourth-order valence-corrected chi connectivity index (χ4v) is 4.26. The van der Waals surface area contributed by atoms with Crippen molar-refractivity contribution in [2.24, 2.45) is 11.8 Å². The number of hydrogen-bond donors (Lipinski definition) is 0. The summed E-state index contributed by atoms with van der Waals surface area (Å²) in [5.41, 5.74) is 1.27. The van der Waals surface area contributed by atoms with Gasteiger partial charge in [-0.15, -0.1) is 0 Å². The van der Waals surface area contributed by atoms with Gasteiger partial charge in [0.25, 0.3) is 0 Å². The SMILES string of the molecule is C=C(C(=O)OCc1ccccc1)[C@@H](CC1CCCC1)C(=O)N1CCCCC1. The topological polar surface area (TPSA) is 46.6 Å².